The Kier molecular flexibility index (Phi) is 4.47. The fourth-order valence-corrected chi connectivity index (χ4v) is 2.29. The van der Waals surface area contributed by atoms with Crippen molar-refractivity contribution < 1.29 is 9.72 Å². The van der Waals surface area contributed by atoms with Gasteiger partial charge in [-0.05, 0) is 19.1 Å². The van der Waals surface area contributed by atoms with Gasteiger partial charge in [-0.3, -0.25) is 14.9 Å². The zero-order valence-corrected chi connectivity index (χ0v) is 13.3. The van der Waals surface area contributed by atoms with Crippen molar-refractivity contribution in [1.29, 1.82) is 0 Å². The lowest BCUT2D eigenvalue weighted by Gasteiger charge is -2.04. The second-order valence-electron chi connectivity index (χ2n) is 5.33. The third-order valence-corrected chi connectivity index (χ3v) is 3.63. The second-order valence-corrected chi connectivity index (χ2v) is 5.33. The first kappa shape index (κ1) is 16.3. The van der Waals surface area contributed by atoms with Gasteiger partial charge in [0.1, 0.15) is 5.69 Å². The van der Waals surface area contributed by atoms with Crippen LogP contribution < -0.4 is 5.43 Å². The predicted octanol–water partition coefficient (Wildman–Crippen LogP) is 3.30. The van der Waals surface area contributed by atoms with E-state index in [2.05, 4.69) is 15.5 Å². The lowest BCUT2D eigenvalue weighted by Crippen LogP contribution is -2.20. The number of nitro groups is 1. The van der Waals surface area contributed by atoms with E-state index in [1.54, 1.807) is 25.1 Å². The molecule has 2 aromatic carbocycles. The first-order chi connectivity index (χ1) is 12.0. The Bertz CT molecular complexity index is 998. The fraction of sp³-hybridized carbons (Fsp3) is 0.0556. The van der Waals surface area contributed by atoms with Crippen molar-refractivity contribution in [3.8, 4) is 0 Å². The van der Waals surface area contributed by atoms with Gasteiger partial charge in [0.2, 0.25) is 0 Å². The van der Waals surface area contributed by atoms with Crippen LogP contribution in [0, 0.1) is 10.1 Å². The van der Waals surface area contributed by atoms with Gasteiger partial charge in [-0.1, -0.05) is 36.4 Å². The zero-order valence-electron chi connectivity index (χ0n) is 13.3. The monoisotopic (exact) mass is 334 g/mol. The highest BCUT2D eigenvalue weighted by molar-refractivity contribution is 6.01. The van der Waals surface area contributed by atoms with E-state index in [9.17, 15) is 14.9 Å². The molecule has 1 aromatic heterocycles. The number of aromatic nitrogens is 1. The quantitative estimate of drug-likeness (QED) is 0.449. The maximum atomic E-state index is 12.2. The van der Waals surface area contributed by atoms with Gasteiger partial charge in [-0.25, -0.2) is 10.4 Å². The third-order valence-electron chi connectivity index (χ3n) is 3.63. The Labute approximate surface area is 143 Å². The van der Waals surface area contributed by atoms with Crippen LogP contribution in [-0.4, -0.2) is 21.5 Å². The molecule has 0 fully saturated rings. The van der Waals surface area contributed by atoms with Crippen LogP contribution in [-0.2, 0) is 0 Å². The Morgan fingerprint density at radius 1 is 1.12 bits per heavy atom. The minimum absolute atomic E-state index is 0.0328. The Morgan fingerprint density at radius 3 is 2.72 bits per heavy atom. The SMILES string of the molecule is CC(=NNC(=O)c1ccc2ccccc2n1)c1cccc([N+](=O)[O-])c1. The van der Waals surface area contributed by atoms with Crippen LogP contribution in [0.2, 0.25) is 0 Å². The number of rotatable bonds is 4. The smallest absolute Gasteiger partial charge is 0.266 e. The van der Waals surface area contributed by atoms with Crippen molar-refractivity contribution >= 4 is 28.2 Å². The van der Waals surface area contributed by atoms with Gasteiger partial charge in [0.15, 0.2) is 0 Å². The van der Waals surface area contributed by atoms with Gasteiger partial charge in [0.05, 0.1) is 16.2 Å². The van der Waals surface area contributed by atoms with Crippen LogP contribution in [0.1, 0.15) is 23.0 Å². The summed E-state index contributed by atoms with van der Waals surface area (Å²) >= 11 is 0. The number of nitrogens with one attached hydrogen (secondary N) is 1. The lowest BCUT2D eigenvalue weighted by atomic mass is 10.1. The number of hydrazone groups is 1. The molecule has 124 valence electrons. The summed E-state index contributed by atoms with van der Waals surface area (Å²) in [4.78, 5) is 26.8. The first-order valence-electron chi connectivity index (χ1n) is 7.50. The zero-order chi connectivity index (χ0) is 17.8. The van der Waals surface area contributed by atoms with Gasteiger partial charge in [0.25, 0.3) is 11.6 Å². The highest BCUT2D eigenvalue weighted by atomic mass is 16.6. The van der Waals surface area contributed by atoms with Gasteiger partial charge in [-0.2, -0.15) is 5.10 Å². The summed E-state index contributed by atoms with van der Waals surface area (Å²) in [6.07, 6.45) is 0. The van der Waals surface area contributed by atoms with Crippen LogP contribution in [0.25, 0.3) is 10.9 Å². The molecule has 1 N–H and O–H groups in total. The molecule has 3 rings (SSSR count). The van der Waals surface area contributed by atoms with Crippen LogP contribution in [0.4, 0.5) is 5.69 Å². The molecule has 0 radical (unpaired) electrons. The summed E-state index contributed by atoms with van der Waals surface area (Å²) in [6, 6.07) is 17.0. The highest BCUT2D eigenvalue weighted by Gasteiger charge is 2.10. The van der Waals surface area contributed by atoms with Crippen molar-refractivity contribution in [3.05, 3.63) is 82.0 Å². The van der Waals surface area contributed by atoms with E-state index >= 15 is 0 Å². The number of nitrogens with zero attached hydrogens (tertiary/aromatic N) is 3. The highest BCUT2D eigenvalue weighted by Crippen LogP contribution is 2.14. The number of carbonyl (C=O) groups is 1. The number of hydrogen-bond donors (Lipinski definition) is 1. The van der Waals surface area contributed by atoms with Gasteiger partial charge in [-0.15, -0.1) is 0 Å². The number of carbonyl (C=O) groups excluding carboxylic acids is 1. The van der Waals surface area contributed by atoms with E-state index in [0.717, 1.165) is 10.9 Å². The van der Waals surface area contributed by atoms with E-state index in [0.29, 0.717) is 11.3 Å². The fourth-order valence-electron chi connectivity index (χ4n) is 2.29. The van der Waals surface area contributed by atoms with Crippen molar-refractivity contribution in [2.45, 2.75) is 6.92 Å². The second kappa shape index (κ2) is 6.88. The molecular weight excluding hydrogens is 320 g/mol. The van der Waals surface area contributed by atoms with E-state index < -0.39 is 10.8 Å². The Hall–Kier alpha value is -3.61. The molecule has 0 aliphatic carbocycles. The first-order valence-corrected chi connectivity index (χ1v) is 7.50. The molecule has 7 heteroatoms. The van der Waals surface area contributed by atoms with Crippen molar-refractivity contribution in [1.82, 2.24) is 10.4 Å². The largest absolute Gasteiger partial charge is 0.289 e. The van der Waals surface area contributed by atoms with Crippen molar-refractivity contribution in [2.75, 3.05) is 0 Å². The van der Waals surface area contributed by atoms with Gasteiger partial charge < -0.3 is 0 Å². The average molecular weight is 334 g/mol. The number of nitro benzene ring substituents is 1. The molecule has 1 amide bonds. The molecule has 0 atom stereocenters. The number of pyridine rings is 1. The number of amides is 1. The molecule has 7 nitrogen and oxygen atoms in total. The molecule has 25 heavy (non-hydrogen) atoms. The molecule has 0 bridgehead atoms. The molecule has 0 aliphatic heterocycles. The van der Waals surface area contributed by atoms with Crippen LogP contribution in [0.15, 0.2) is 65.8 Å². The van der Waals surface area contributed by atoms with Crippen molar-refractivity contribution in [3.63, 3.8) is 0 Å². The molecule has 0 saturated carbocycles. The summed E-state index contributed by atoms with van der Waals surface area (Å²) in [5.41, 5.74) is 4.37. The van der Waals surface area contributed by atoms with Crippen LogP contribution in [0.3, 0.4) is 0 Å². The summed E-state index contributed by atoms with van der Waals surface area (Å²) < 4.78 is 0. The summed E-state index contributed by atoms with van der Waals surface area (Å²) in [5.74, 6) is -0.449. The van der Waals surface area contributed by atoms with E-state index in [1.165, 1.54) is 12.1 Å². The topological polar surface area (TPSA) is 97.5 Å². The Morgan fingerprint density at radius 2 is 1.92 bits per heavy atom. The standard InChI is InChI=1S/C18H14N4O3/c1-12(14-6-4-7-15(11-14)22(24)25)20-21-18(23)17-10-9-13-5-2-3-8-16(13)19-17/h2-11H,1H3,(H,21,23). The van der Waals surface area contributed by atoms with Crippen LogP contribution >= 0.6 is 0 Å². The predicted molar refractivity (Wildman–Crippen MR) is 94.5 cm³/mol. The lowest BCUT2D eigenvalue weighted by molar-refractivity contribution is -0.384. The normalized spacial score (nSPS) is 11.3. The Balaban J connectivity index is 1.78. The molecule has 0 spiro atoms. The number of benzene rings is 2. The van der Waals surface area contributed by atoms with E-state index in [4.69, 9.17) is 0 Å². The van der Waals surface area contributed by atoms with Gasteiger partial charge in [0, 0.05) is 23.1 Å². The minimum Gasteiger partial charge on any atom is -0.266 e. The maximum absolute atomic E-state index is 12.2. The third kappa shape index (κ3) is 3.66. The molecule has 3 aromatic rings. The summed E-state index contributed by atoms with van der Waals surface area (Å²) in [7, 11) is 0. The van der Waals surface area contributed by atoms with Gasteiger partial charge >= 0.3 is 0 Å². The average Bonchev–Trinajstić information content (AvgIpc) is 2.65. The van der Waals surface area contributed by atoms with E-state index in [-0.39, 0.29) is 11.4 Å². The van der Waals surface area contributed by atoms with Crippen LogP contribution in [0.5, 0.6) is 0 Å². The number of fused-ring (bicyclic) bond motifs is 1. The molecular formula is C18H14N4O3. The number of non-ortho nitro benzene ring substituents is 1. The van der Waals surface area contributed by atoms with E-state index in [1.807, 2.05) is 30.3 Å². The van der Waals surface area contributed by atoms with Crippen molar-refractivity contribution in [2.24, 2.45) is 5.10 Å². The number of hydrogen-bond acceptors (Lipinski definition) is 5. The summed E-state index contributed by atoms with van der Waals surface area (Å²) in [6.45, 7) is 1.66. The number of para-hydroxylation sites is 1. The minimum atomic E-state index is -0.478. The molecule has 1 heterocycles. The molecule has 0 saturated heterocycles. The molecule has 0 unspecified atom stereocenters. The molecule has 0 aliphatic rings. The maximum Gasteiger partial charge on any atom is 0.289 e. The summed E-state index contributed by atoms with van der Waals surface area (Å²) in [5, 5.41) is 15.8.